The normalized spacial score (nSPS) is 25.0. The maximum absolute atomic E-state index is 13.4. The van der Waals surface area contributed by atoms with Crippen LogP contribution in [0.15, 0.2) is 84.9 Å². The molecule has 0 spiro atoms. The Morgan fingerprint density at radius 2 is 1.04 bits per heavy atom. The van der Waals surface area contributed by atoms with Gasteiger partial charge in [0, 0.05) is 20.8 Å². The smallest absolute Gasteiger partial charge is 0.255 e. The van der Waals surface area contributed by atoms with E-state index in [2.05, 4.69) is 21.0 Å². The highest BCUT2D eigenvalue weighted by molar-refractivity contribution is 8.02. The van der Waals surface area contributed by atoms with E-state index < -0.39 is 9.74 Å². The number of hydrazine groups is 2. The van der Waals surface area contributed by atoms with E-state index in [1.54, 1.807) is 33.5 Å². The first-order valence-electron chi connectivity index (χ1n) is 14.7. The number of nitrogens with zero attached hydrogens (tertiary/aromatic N) is 4. The van der Waals surface area contributed by atoms with Crippen molar-refractivity contribution in [2.75, 3.05) is 10.9 Å². The van der Waals surface area contributed by atoms with Gasteiger partial charge in [-0.25, -0.2) is 10.0 Å². The molecule has 12 heteroatoms. The summed E-state index contributed by atoms with van der Waals surface area (Å²) < 4.78 is 0. The van der Waals surface area contributed by atoms with Gasteiger partial charge < -0.3 is 0 Å². The molecule has 2 saturated heterocycles. The summed E-state index contributed by atoms with van der Waals surface area (Å²) in [5.41, 5.74) is 8.50. The topological polar surface area (TPSA) is 90.5 Å². The minimum absolute atomic E-state index is 0.0711. The second kappa shape index (κ2) is 12.8. The van der Waals surface area contributed by atoms with Crippen LogP contribution in [0.5, 0.6) is 0 Å². The van der Waals surface area contributed by atoms with Crippen LogP contribution >= 0.6 is 46.7 Å². The monoisotopic (exact) mass is 690 g/mol. The lowest BCUT2D eigenvalue weighted by molar-refractivity contribution is -0.130. The third-order valence-corrected chi connectivity index (χ3v) is 11.1. The predicted molar refractivity (Wildman–Crippen MR) is 192 cm³/mol. The second-order valence-corrected chi connectivity index (χ2v) is 15.8. The molecule has 0 bridgehead atoms. The Balaban J connectivity index is 1.29. The van der Waals surface area contributed by atoms with Crippen molar-refractivity contribution in [2.24, 2.45) is 0 Å². The van der Waals surface area contributed by atoms with Crippen LogP contribution in [0.1, 0.15) is 38.8 Å². The SMILES string of the molecule is CC1SC(C)(/C=C/c2ccc(Cl)cc2)N(Nc2nnc(NN3C(=O)C(C)SC3(C)/C=C/c3ccc(Cl)cc3)c3ccccc23)C1=O. The van der Waals surface area contributed by atoms with Crippen molar-refractivity contribution < 1.29 is 9.59 Å². The molecule has 0 radical (unpaired) electrons. The number of hydrogen-bond acceptors (Lipinski definition) is 8. The fraction of sp³-hybridized carbons (Fsp3) is 0.235. The summed E-state index contributed by atoms with van der Waals surface area (Å²) in [7, 11) is 0. The number of nitrogens with one attached hydrogen (secondary N) is 2. The minimum atomic E-state index is -0.705. The molecule has 4 aromatic rings. The van der Waals surface area contributed by atoms with Crippen molar-refractivity contribution in [1.29, 1.82) is 0 Å². The van der Waals surface area contributed by atoms with Crippen molar-refractivity contribution in [3.8, 4) is 0 Å². The van der Waals surface area contributed by atoms with Gasteiger partial charge in [-0.15, -0.1) is 33.7 Å². The predicted octanol–water partition coefficient (Wildman–Crippen LogP) is 8.38. The quantitative estimate of drug-likeness (QED) is 0.191. The first-order valence-corrected chi connectivity index (χ1v) is 17.2. The first kappa shape index (κ1) is 32.2. The Morgan fingerprint density at radius 3 is 1.41 bits per heavy atom. The Bertz CT molecular complexity index is 1720. The number of rotatable bonds is 8. The number of hydrogen-bond donors (Lipinski definition) is 2. The average Bonchev–Trinajstić information content (AvgIpc) is 3.39. The molecule has 2 aliphatic rings. The molecule has 4 unspecified atom stereocenters. The van der Waals surface area contributed by atoms with Gasteiger partial charge in [0.25, 0.3) is 11.8 Å². The number of carbonyl (C=O) groups is 2. The van der Waals surface area contributed by atoms with Gasteiger partial charge >= 0.3 is 0 Å². The number of benzene rings is 3. The lowest BCUT2D eigenvalue weighted by Crippen LogP contribution is -2.46. The standard InChI is InChI=1S/C34H32Cl2N6O2S2/c1-21-31(43)41(33(3,45-21)19-17-23-9-13-25(35)14-10-23)39-29-27-7-5-6-8-28(27)30(38-37-29)40-42-32(44)22(2)46-34(42,4)20-18-24-11-15-26(36)16-12-24/h5-22H,1-4H3,(H,37,39)(H,38,40)/b19-17+,20-18+. The Labute approximate surface area is 286 Å². The Kier molecular flexibility index (Phi) is 9.00. The van der Waals surface area contributed by atoms with Crippen LogP contribution in [0.4, 0.5) is 11.6 Å². The van der Waals surface area contributed by atoms with Crippen LogP contribution in [-0.2, 0) is 9.59 Å². The molecule has 2 N–H and O–H groups in total. The summed E-state index contributed by atoms with van der Waals surface area (Å²) in [6.07, 6.45) is 7.95. The summed E-state index contributed by atoms with van der Waals surface area (Å²) in [6, 6.07) is 22.7. The zero-order valence-corrected chi connectivity index (χ0v) is 28.7. The zero-order valence-electron chi connectivity index (χ0n) is 25.6. The van der Waals surface area contributed by atoms with Gasteiger partial charge in [-0.3, -0.25) is 20.4 Å². The number of anilines is 2. The van der Waals surface area contributed by atoms with E-state index in [0.29, 0.717) is 21.7 Å². The molecule has 0 aliphatic carbocycles. The maximum atomic E-state index is 13.4. The van der Waals surface area contributed by atoms with Crippen LogP contribution in [0.25, 0.3) is 22.9 Å². The van der Waals surface area contributed by atoms with Gasteiger partial charge in [0.1, 0.15) is 9.74 Å². The highest BCUT2D eigenvalue weighted by atomic mass is 35.5. The van der Waals surface area contributed by atoms with E-state index in [1.807, 2.05) is 125 Å². The van der Waals surface area contributed by atoms with Gasteiger partial charge in [0.2, 0.25) is 0 Å². The Morgan fingerprint density at radius 1 is 0.674 bits per heavy atom. The van der Waals surface area contributed by atoms with E-state index in [0.717, 1.165) is 21.9 Å². The number of amides is 2. The van der Waals surface area contributed by atoms with Crippen molar-refractivity contribution >= 4 is 93.1 Å². The second-order valence-electron chi connectivity index (χ2n) is 11.4. The average molecular weight is 692 g/mol. The van der Waals surface area contributed by atoms with Gasteiger partial charge in [-0.2, -0.15) is 0 Å². The molecule has 8 nitrogen and oxygen atoms in total. The molecule has 3 aromatic carbocycles. The molecule has 2 amide bonds. The molecule has 4 atom stereocenters. The third-order valence-electron chi connectivity index (χ3n) is 7.89. The summed E-state index contributed by atoms with van der Waals surface area (Å²) >= 11 is 15.2. The molecule has 6 rings (SSSR count). The summed E-state index contributed by atoms with van der Waals surface area (Å²) in [5.74, 6) is 0.712. The van der Waals surface area contributed by atoms with Crippen molar-refractivity contribution in [3.63, 3.8) is 0 Å². The molecule has 0 saturated carbocycles. The third kappa shape index (κ3) is 6.44. The van der Waals surface area contributed by atoms with Crippen LogP contribution in [0.3, 0.4) is 0 Å². The molecule has 1 aromatic heterocycles. The molecular weight excluding hydrogens is 659 g/mol. The van der Waals surface area contributed by atoms with E-state index in [-0.39, 0.29) is 22.3 Å². The molecule has 3 heterocycles. The number of carbonyl (C=O) groups excluding carboxylic acids is 2. The number of halogens is 2. The van der Waals surface area contributed by atoms with E-state index in [1.165, 1.54) is 0 Å². The lowest BCUT2D eigenvalue weighted by atomic mass is 10.1. The van der Waals surface area contributed by atoms with Crippen molar-refractivity contribution in [3.05, 3.63) is 106 Å². The fourth-order valence-electron chi connectivity index (χ4n) is 5.41. The highest BCUT2D eigenvalue weighted by Crippen LogP contribution is 2.44. The highest BCUT2D eigenvalue weighted by Gasteiger charge is 2.47. The molecule has 2 fully saturated rings. The van der Waals surface area contributed by atoms with Crippen LogP contribution in [0, 0.1) is 0 Å². The number of thioether (sulfide) groups is 2. The summed E-state index contributed by atoms with van der Waals surface area (Å²) in [6.45, 7) is 7.76. The zero-order chi connectivity index (χ0) is 32.6. The fourth-order valence-corrected chi connectivity index (χ4v) is 8.28. The lowest BCUT2D eigenvalue weighted by Gasteiger charge is -2.33. The van der Waals surface area contributed by atoms with Crippen LogP contribution < -0.4 is 10.9 Å². The van der Waals surface area contributed by atoms with Crippen molar-refractivity contribution in [1.82, 2.24) is 20.2 Å². The summed E-state index contributed by atoms with van der Waals surface area (Å²) in [4.78, 5) is 25.4. The van der Waals surface area contributed by atoms with Gasteiger partial charge in [-0.05, 0) is 75.2 Å². The van der Waals surface area contributed by atoms with Gasteiger partial charge in [0.15, 0.2) is 11.6 Å². The molecular formula is C34H32Cl2N6O2S2. The first-order chi connectivity index (χ1) is 22.0. The molecule has 46 heavy (non-hydrogen) atoms. The van der Waals surface area contributed by atoms with Gasteiger partial charge in [0.05, 0.1) is 10.5 Å². The van der Waals surface area contributed by atoms with Crippen LogP contribution in [-0.4, -0.2) is 52.3 Å². The van der Waals surface area contributed by atoms with E-state index in [4.69, 9.17) is 23.2 Å². The van der Waals surface area contributed by atoms with Gasteiger partial charge in [-0.1, -0.05) is 83.9 Å². The summed E-state index contributed by atoms with van der Waals surface area (Å²) in [5, 5.41) is 14.5. The number of aromatic nitrogens is 2. The van der Waals surface area contributed by atoms with E-state index in [9.17, 15) is 9.59 Å². The van der Waals surface area contributed by atoms with Crippen LogP contribution in [0.2, 0.25) is 10.0 Å². The Hall–Kier alpha value is -3.70. The molecule has 2 aliphatic heterocycles. The minimum Gasteiger partial charge on any atom is -0.276 e. The van der Waals surface area contributed by atoms with E-state index >= 15 is 0 Å². The maximum Gasteiger partial charge on any atom is 0.255 e. The number of fused-ring (bicyclic) bond motifs is 1. The largest absolute Gasteiger partial charge is 0.276 e. The molecule has 236 valence electrons. The van der Waals surface area contributed by atoms with Crippen molar-refractivity contribution in [2.45, 2.75) is 47.9 Å².